The molecule has 0 bridgehead atoms. The fourth-order valence-corrected chi connectivity index (χ4v) is 4.68. The monoisotopic (exact) mass is 557 g/mol. The Morgan fingerprint density at radius 1 is 1.06 bits per heavy atom. The standard InChI is InChI=1S/C24H39N5O2.HI/c1-25-24(27-14-13-26-23(30)17-19-7-3-4-8-19)28-18-22(29-15-5-6-16-29)20-9-11-21(31-2)12-10-20;/h9-12,19,22H,3-8,13-18H2,1-2H3,(H,26,30)(H2,25,27,28);1H. The minimum Gasteiger partial charge on any atom is -0.497 e. The Morgan fingerprint density at radius 3 is 2.34 bits per heavy atom. The number of amides is 1. The van der Waals surface area contributed by atoms with Crippen LogP contribution in [0.2, 0.25) is 0 Å². The molecule has 1 saturated carbocycles. The van der Waals surface area contributed by atoms with Gasteiger partial charge in [0, 0.05) is 33.1 Å². The maximum absolute atomic E-state index is 12.1. The highest BCUT2D eigenvalue weighted by Crippen LogP contribution is 2.27. The van der Waals surface area contributed by atoms with Crippen LogP contribution in [0.3, 0.4) is 0 Å². The fraction of sp³-hybridized carbons (Fsp3) is 0.667. The molecule has 0 radical (unpaired) electrons. The topological polar surface area (TPSA) is 78.0 Å². The first-order chi connectivity index (χ1) is 15.2. The molecule has 180 valence electrons. The van der Waals surface area contributed by atoms with E-state index >= 15 is 0 Å². The third-order valence-corrected chi connectivity index (χ3v) is 6.46. The number of hydrogen-bond donors (Lipinski definition) is 3. The second kappa shape index (κ2) is 14.6. The minimum absolute atomic E-state index is 0. The number of guanidine groups is 1. The van der Waals surface area contributed by atoms with Crippen molar-refractivity contribution in [3.05, 3.63) is 29.8 Å². The number of halogens is 1. The third-order valence-electron chi connectivity index (χ3n) is 6.46. The molecule has 1 aliphatic heterocycles. The van der Waals surface area contributed by atoms with Gasteiger partial charge in [-0.25, -0.2) is 0 Å². The molecular formula is C24H40IN5O2. The number of carbonyl (C=O) groups excluding carboxylic acids is 1. The highest BCUT2D eigenvalue weighted by Gasteiger charge is 2.24. The summed E-state index contributed by atoms with van der Waals surface area (Å²) in [4.78, 5) is 19.0. The van der Waals surface area contributed by atoms with Gasteiger partial charge in [0.15, 0.2) is 5.96 Å². The molecule has 3 N–H and O–H groups in total. The summed E-state index contributed by atoms with van der Waals surface area (Å²) in [6.45, 7) is 4.29. The lowest BCUT2D eigenvalue weighted by Gasteiger charge is -2.29. The number of rotatable bonds is 10. The van der Waals surface area contributed by atoms with Gasteiger partial charge in [0.1, 0.15) is 5.75 Å². The first-order valence-electron chi connectivity index (χ1n) is 11.8. The zero-order chi connectivity index (χ0) is 21.9. The van der Waals surface area contributed by atoms with E-state index < -0.39 is 0 Å². The van der Waals surface area contributed by atoms with Gasteiger partial charge in [-0.1, -0.05) is 25.0 Å². The van der Waals surface area contributed by atoms with Crippen molar-refractivity contribution >= 4 is 35.8 Å². The number of ether oxygens (including phenoxy) is 1. The van der Waals surface area contributed by atoms with E-state index in [0.29, 0.717) is 25.4 Å². The zero-order valence-electron chi connectivity index (χ0n) is 19.6. The van der Waals surface area contributed by atoms with Gasteiger partial charge in [0.2, 0.25) is 5.91 Å². The van der Waals surface area contributed by atoms with Gasteiger partial charge in [-0.05, 0) is 62.4 Å². The lowest BCUT2D eigenvalue weighted by atomic mass is 10.0. The summed E-state index contributed by atoms with van der Waals surface area (Å²) in [6, 6.07) is 8.65. The fourth-order valence-electron chi connectivity index (χ4n) is 4.68. The molecule has 2 aliphatic rings. The summed E-state index contributed by atoms with van der Waals surface area (Å²) in [7, 11) is 3.48. The van der Waals surface area contributed by atoms with Crippen LogP contribution in [0.1, 0.15) is 56.6 Å². The number of aliphatic imine (C=N–C) groups is 1. The average molecular weight is 558 g/mol. The first-order valence-corrected chi connectivity index (χ1v) is 11.8. The highest BCUT2D eigenvalue weighted by atomic mass is 127. The van der Waals surface area contributed by atoms with Gasteiger partial charge in [-0.2, -0.15) is 0 Å². The minimum atomic E-state index is 0. The maximum Gasteiger partial charge on any atom is 0.220 e. The molecule has 1 unspecified atom stereocenters. The Bertz CT molecular complexity index is 701. The van der Waals surface area contributed by atoms with Gasteiger partial charge >= 0.3 is 0 Å². The molecule has 1 saturated heterocycles. The molecule has 1 aromatic rings. The summed E-state index contributed by atoms with van der Waals surface area (Å²) in [6.07, 6.45) is 8.13. The number of carbonyl (C=O) groups is 1. The second-order valence-electron chi connectivity index (χ2n) is 8.62. The van der Waals surface area contributed by atoms with Crippen LogP contribution in [-0.4, -0.2) is 63.6 Å². The highest BCUT2D eigenvalue weighted by molar-refractivity contribution is 14.0. The first kappa shape index (κ1) is 26.7. The predicted octanol–water partition coefficient (Wildman–Crippen LogP) is 3.31. The molecule has 1 aromatic carbocycles. The molecule has 1 atom stereocenters. The van der Waals surface area contributed by atoms with E-state index in [1.54, 1.807) is 14.2 Å². The van der Waals surface area contributed by atoms with Crippen LogP contribution in [0.15, 0.2) is 29.3 Å². The van der Waals surface area contributed by atoms with Crippen LogP contribution in [0.5, 0.6) is 5.75 Å². The maximum atomic E-state index is 12.1. The van der Waals surface area contributed by atoms with E-state index in [1.165, 1.54) is 44.1 Å². The van der Waals surface area contributed by atoms with Crippen LogP contribution in [0.4, 0.5) is 0 Å². The Hall–Kier alpha value is -1.55. The van der Waals surface area contributed by atoms with E-state index in [9.17, 15) is 4.79 Å². The van der Waals surface area contributed by atoms with Crippen molar-refractivity contribution < 1.29 is 9.53 Å². The van der Waals surface area contributed by atoms with Gasteiger partial charge in [0.05, 0.1) is 13.2 Å². The normalized spacial score (nSPS) is 18.1. The molecule has 7 nitrogen and oxygen atoms in total. The Morgan fingerprint density at radius 2 is 1.72 bits per heavy atom. The van der Waals surface area contributed by atoms with Crippen molar-refractivity contribution in [2.24, 2.45) is 10.9 Å². The largest absolute Gasteiger partial charge is 0.497 e. The van der Waals surface area contributed by atoms with Crippen molar-refractivity contribution in [3.63, 3.8) is 0 Å². The number of likely N-dealkylation sites (tertiary alicyclic amines) is 1. The van der Waals surface area contributed by atoms with Gasteiger partial charge in [0.25, 0.3) is 0 Å². The molecule has 2 fully saturated rings. The van der Waals surface area contributed by atoms with Crippen LogP contribution >= 0.6 is 24.0 Å². The van der Waals surface area contributed by atoms with E-state index in [4.69, 9.17) is 4.74 Å². The number of benzene rings is 1. The molecule has 3 rings (SSSR count). The average Bonchev–Trinajstić information content (AvgIpc) is 3.50. The molecule has 0 spiro atoms. The lowest BCUT2D eigenvalue weighted by Crippen LogP contribution is -2.44. The SMILES string of the molecule is CN=C(NCCNC(=O)CC1CCCC1)NCC(c1ccc(OC)cc1)N1CCCC1.I. The summed E-state index contributed by atoms with van der Waals surface area (Å²) in [5.74, 6) is 2.40. The van der Waals surface area contributed by atoms with Crippen LogP contribution in [-0.2, 0) is 4.79 Å². The van der Waals surface area contributed by atoms with Crippen molar-refractivity contribution in [1.82, 2.24) is 20.9 Å². The van der Waals surface area contributed by atoms with Gasteiger partial charge < -0.3 is 20.7 Å². The van der Waals surface area contributed by atoms with E-state index in [2.05, 4.69) is 38.0 Å². The lowest BCUT2D eigenvalue weighted by molar-refractivity contribution is -0.121. The molecule has 8 heteroatoms. The summed E-state index contributed by atoms with van der Waals surface area (Å²) < 4.78 is 5.31. The molecule has 1 amide bonds. The number of methoxy groups -OCH3 is 1. The smallest absolute Gasteiger partial charge is 0.220 e. The molecular weight excluding hydrogens is 517 g/mol. The van der Waals surface area contributed by atoms with Crippen molar-refractivity contribution in [2.75, 3.05) is 46.9 Å². The van der Waals surface area contributed by atoms with Crippen LogP contribution in [0, 0.1) is 5.92 Å². The summed E-state index contributed by atoms with van der Waals surface area (Å²) in [5.41, 5.74) is 1.28. The van der Waals surface area contributed by atoms with E-state index in [-0.39, 0.29) is 35.9 Å². The molecule has 1 heterocycles. The number of hydrogen-bond acceptors (Lipinski definition) is 4. The van der Waals surface area contributed by atoms with E-state index in [1.807, 2.05) is 12.1 Å². The van der Waals surface area contributed by atoms with Gasteiger partial charge in [-0.3, -0.25) is 14.7 Å². The van der Waals surface area contributed by atoms with Crippen LogP contribution < -0.4 is 20.7 Å². The van der Waals surface area contributed by atoms with E-state index in [0.717, 1.165) is 31.3 Å². The molecule has 0 aromatic heterocycles. The Labute approximate surface area is 210 Å². The van der Waals surface area contributed by atoms with Crippen molar-refractivity contribution in [1.29, 1.82) is 0 Å². The molecule has 1 aliphatic carbocycles. The number of nitrogens with one attached hydrogen (secondary N) is 3. The molecule has 32 heavy (non-hydrogen) atoms. The summed E-state index contributed by atoms with van der Waals surface area (Å²) in [5, 5.41) is 9.82. The Balaban J connectivity index is 0.00000363. The second-order valence-corrected chi connectivity index (χ2v) is 8.62. The van der Waals surface area contributed by atoms with Gasteiger partial charge in [-0.15, -0.1) is 24.0 Å². The zero-order valence-corrected chi connectivity index (χ0v) is 21.9. The van der Waals surface area contributed by atoms with Crippen LogP contribution in [0.25, 0.3) is 0 Å². The number of nitrogens with zero attached hydrogens (tertiary/aromatic N) is 2. The summed E-state index contributed by atoms with van der Waals surface area (Å²) >= 11 is 0. The Kier molecular flexibility index (Phi) is 12.2. The third kappa shape index (κ3) is 8.42. The van der Waals surface area contributed by atoms with Crippen molar-refractivity contribution in [2.45, 2.75) is 51.0 Å². The predicted molar refractivity (Wildman–Crippen MR) is 141 cm³/mol. The quantitative estimate of drug-likeness (QED) is 0.178. The van der Waals surface area contributed by atoms with Crippen molar-refractivity contribution in [3.8, 4) is 5.75 Å².